The van der Waals surface area contributed by atoms with E-state index in [1.165, 1.54) is 6.07 Å². The lowest BCUT2D eigenvalue weighted by Gasteiger charge is -2.09. The summed E-state index contributed by atoms with van der Waals surface area (Å²) >= 11 is 0. The van der Waals surface area contributed by atoms with Crippen molar-refractivity contribution in [2.24, 2.45) is 0 Å². The standard InChI is InChI=1S/C9H6F3N3O/c1-5(16)14-7-3-2-6(4-13)8(15-7)9(10,11)12/h2-3H,1H3,(H,14,15,16). The number of carbonyl (C=O) groups is 1. The first kappa shape index (κ1) is 12.0. The average molecular weight is 229 g/mol. The molecule has 1 rings (SSSR count). The molecule has 0 aliphatic carbocycles. The number of nitrogens with zero attached hydrogens (tertiary/aromatic N) is 2. The van der Waals surface area contributed by atoms with Crippen LogP contribution in [0.4, 0.5) is 19.0 Å². The van der Waals surface area contributed by atoms with Crippen molar-refractivity contribution >= 4 is 11.7 Å². The molecule has 4 nitrogen and oxygen atoms in total. The predicted octanol–water partition coefficient (Wildman–Crippen LogP) is 1.93. The fourth-order valence-corrected chi connectivity index (χ4v) is 1.02. The lowest BCUT2D eigenvalue weighted by Crippen LogP contribution is -2.14. The van der Waals surface area contributed by atoms with E-state index in [4.69, 9.17) is 5.26 Å². The first-order valence-electron chi connectivity index (χ1n) is 4.10. The van der Waals surface area contributed by atoms with E-state index in [1.807, 2.05) is 0 Å². The Morgan fingerprint density at radius 2 is 2.12 bits per heavy atom. The van der Waals surface area contributed by atoms with Gasteiger partial charge in [0, 0.05) is 6.92 Å². The second kappa shape index (κ2) is 4.18. The topological polar surface area (TPSA) is 65.8 Å². The van der Waals surface area contributed by atoms with Crippen molar-refractivity contribution < 1.29 is 18.0 Å². The molecule has 1 aromatic rings. The molecular formula is C9H6F3N3O. The van der Waals surface area contributed by atoms with Gasteiger partial charge in [0.25, 0.3) is 0 Å². The molecule has 1 amide bonds. The fourth-order valence-electron chi connectivity index (χ4n) is 1.02. The molecule has 0 atom stereocenters. The van der Waals surface area contributed by atoms with Gasteiger partial charge >= 0.3 is 6.18 Å². The number of pyridine rings is 1. The maximum absolute atomic E-state index is 12.4. The van der Waals surface area contributed by atoms with E-state index in [1.54, 1.807) is 0 Å². The van der Waals surface area contributed by atoms with Crippen molar-refractivity contribution in [2.75, 3.05) is 5.32 Å². The third-order valence-corrected chi connectivity index (χ3v) is 1.59. The zero-order valence-corrected chi connectivity index (χ0v) is 8.09. The lowest BCUT2D eigenvalue weighted by molar-refractivity contribution is -0.141. The summed E-state index contributed by atoms with van der Waals surface area (Å²) in [4.78, 5) is 13.8. The maximum atomic E-state index is 12.4. The second-order valence-corrected chi connectivity index (χ2v) is 2.88. The molecule has 0 fully saturated rings. The number of nitriles is 1. The van der Waals surface area contributed by atoms with E-state index in [0.29, 0.717) is 0 Å². The predicted molar refractivity (Wildman–Crippen MR) is 48.3 cm³/mol. The van der Waals surface area contributed by atoms with Gasteiger partial charge in [-0.2, -0.15) is 18.4 Å². The van der Waals surface area contributed by atoms with Gasteiger partial charge in [-0.1, -0.05) is 0 Å². The normalized spacial score (nSPS) is 10.7. The van der Waals surface area contributed by atoms with Crippen molar-refractivity contribution in [1.82, 2.24) is 4.98 Å². The smallest absolute Gasteiger partial charge is 0.311 e. The number of hydrogen-bond donors (Lipinski definition) is 1. The minimum Gasteiger partial charge on any atom is -0.311 e. The molecule has 0 aliphatic heterocycles. The van der Waals surface area contributed by atoms with Crippen molar-refractivity contribution in [2.45, 2.75) is 13.1 Å². The molecule has 0 aliphatic rings. The van der Waals surface area contributed by atoms with Gasteiger partial charge in [-0.3, -0.25) is 4.79 Å². The number of alkyl halides is 3. The van der Waals surface area contributed by atoms with Gasteiger partial charge in [-0.05, 0) is 12.1 Å². The highest BCUT2D eigenvalue weighted by Crippen LogP contribution is 2.30. The number of rotatable bonds is 1. The summed E-state index contributed by atoms with van der Waals surface area (Å²) in [5, 5.41) is 10.6. The molecule has 0 saturated heterocycles. The molecular weight excluding hydrogens is 223 g/mol. The highest BCUT2D eigenvalue weighted by Gasteiger charge is 2.36. The first-order valence-corrected chi connectivity index (χ1v) is 4.10. The monoisotopic (exact) mass is 229 g/mol. The molecule has 7 heteroatoms. The first-order chi connectivity index (χ1) is 7.34. The Kier molecular flexibility index (Phi) is 3.13. The molecule has 1 heterocycles. The minimum absolute atomic E-state index is 0.237. The molecule has 0 bridgehead atoms. The fraction of sp³-hybridized carbons (Fsp3) is 0.222. The molecule has 0 unspecified atom stereocenters. The van der Waals surface area contributed by atoms with Crippen LogP contribution in [-0.4, -0.2) is 10.9 Å². The summed E-state index contributed by atoms with van der Waals surface area (Å²) in [6.45, 7) is 1.15. The van der Waals surface area contributed by atoms with Gasteiger partial charge in [-0.25, -0.2) is 4.98 Å². The zero-order chi connectivity index (χ0) is 12.3. The van der Waals surface area contributed by atoms with Crippen LogP contribution in [0.2, 0.25) is 0 Å². The van der Waals surface area contributed by atoms with Crippen molar-refractivity contribution in [3.63, 3.8) is 0 Å². The van der Waals surface area contributed by atoms with E-state index >= 15 is 0 Å². The van der Waals surface area contributed by atoms with Crippen LogP contribution in [0.3, 0.4) is 0 Å². The van der Waals surface area contributed by atoms with Crippen LogP contribution in [0.25, 0.3) is 0 Å². The van der Waals surface area contributed by atoms with E-state index in [-0.39, 0.29) is 5.82 Å². The number of halogens is 3. The highest BCUT2D eigenvalue weighted by atomic mass is 19.4. The van der Waals surface area contributed by atoms with E-state index in [9.17, 15) is 18.0 Å². The number of aromatic nitrogens is 1. The van der Waals surface area contributed by atoms with Crippen LogP contribution in [0.1, 0.15) is 18.2 Å². The SMILES string of the molecule is CC(=O)Nc1ccc(C#N)c(C(F)(F)F)n1. The van der Waals surface area contributed by atoms with Crippen molar-refractivity contribution in [3.8, 4) is 6.07 Å². The van der Waals surface area contributed by atoms with Gasteiger partial charge in [-0.15, -0.1) is 0 Å². The Bertz CT molecular complexity index is 462. The van der Waals surface area contributed by atoms with Gasteiger partial charge in [0.1, 0.15) is 11.9 Å². The minimum atomic E-state index is -4.72. The summed E-state index contributed by atoms with van der Waals surface area (Å²) < 4.78 is 37.3. The molecule has 0 spiro atoms. The van der Waals surface area contributed by atoms with E-state index in [2.05, 4.69) is 10.3 Å². The average Bonchev–Trinajstić information content (AvgIpc) is 2.15. The Hall–Kier alpha value is -2.10. The maximum Gasteiger partial charge on any atom is 0.434 e. The molecule has 0 radical (unpaired) electrons. The largest absolute Gasteiger partial charge is 0.434 e. The third-order valence-electron chi connectivity index (χ3n) is 1.59. The zero-order valence-electron chi connectivity index (χ0n) is 8.09. The summed E-state index contributed by atoms with van der Waals surface area (Å²) in [6, 6.07) is 3.48. The summed E-state index contributed by atoms with van der Waals surface area (Å²) in [5.74, 6) is -0.774. The van der Waals surface area contributed by atoms with Crippen LogP contribution >= 0.6 is 0 Å². The lowest BCUT2D eigenvalue weighted by atomic mass is 10.2. The summed E-state index contributed by atoms with van der Waals surface area (Å²) in [6.07, 6.45) is -4.72. The summed E-state index contributed by atoms with van der Waals surface area (Å²) in [5.41, 5.74) is -1.89. The second-order valence-electron chi connectivity index (χ2n) is 2.88. The Labute approximate surface area is 88.7 Å². The number of carbonyl (C=O) groups excluding carboxylic acids is 1. The molecule has 1 N–H and O–H groups in total. The number of hydrogen-bond acceptors (Lipinski definition) is 3. The van der Waals surface area contributed by atoms with Crippen LogP contribution in [0, 0.1) is 11.3 Å². The van der Waals surface area contributed by atoms with Crippen LogP contribution in [0.5, 0.6) is 0 Å². The molecule has 0 saturated carbocycles. The van der Waals surface area contributed by atoms with Gasteiger partial charge in [0.05, 0.1) is 5.56 Å². The molecule has 84 valence electrons. The van der Waals surface area contributed by atoms with Crippen molar-refractivity contribution in [1.29, 1.82) is 5.26 Å². The Morgan fingerprint density at radius 3 is 2.56 bits per heavy atom. The third kappa shape index (κ3) is 2.70. The van der Waals surface area contributed by atoms with Crippen LogP contribution < -0.4 is 5.32 Å². The molecule has 1 aromatic heterocycles. The van der Waals surface area contributed by atoms with Gasteiger partial charge in [0.2, 0.25) is 5.91 Å². The number of nitrogens with one attached hydrogen (secondary N) is 1. The van der Waals surface area contributed by atoms with E-state index < -0.39 is 23.3 Å². The number of anilines is 1. The van der Waals surface area contributed by atoms with E-state index in [0.717, 1.165) is 19.1 Å². The Balaban J connectivity index is 3.23. The quantitative estimate of drug-likeness (QED) is 0.800. The number of amides is 1. The molecule has 0 aromatic carbocycles. The highest BCUT2D eigenvalue weighted by molar-refractivity contribution is 5.87. The summed E-state index contributed by atoms with van der Waals surface area (Å²) in [7, 11) is 0. The Morgan fingerprint density at radius 1 is 1.50 bits per heavy atom. The van der Waals surface area contributed by atoms with Crippen LogP contribution in [-0.2, 0) is 11.0 Å². The van der Waals surface area contributed by atoms with Gasteiger partial charge < -0.3 is 5.32 Å². The van der Waals surface area contributed by atoms with Crippen LogP contribution in [0.15, 0.2) is 12.1 Å². The van der Waals surface area contributed by atoms with Crippen molar-refractivity contribution in [3.05, 3.63) is 23.4 Å². The molecule has 16 heavy (non-hydrogen) atoms. The van der Waals surface area contributed by atoms with Gasteiger partial charge in [0.15, 0.2) is 5.69 Å².